The van der Waals surface area contributed by atoms with E-state index in [9.17, 15) is 0 Å². The number of allylic oxidation sites excluding steroid dienone is 1. The Morgan fingerprint density at radius 3 is 1.76 bits per heavy atom. The maximum atomic E-state index is 4.55. The molecule has 0 spiro atoms. The lowest BCUT2D eigenvalue weighted by atomic mass is 10.2. The van der Waals surface area contributed by atoms with Gasteiger partial charge < -0.3 is 16.0 Å². The van der Waals surface area contributed by atoms with E-state index in [4.69, 9.17) is 0 Å². The van der Waals surface area contributed by atoms with Gasteiger partial charge in [-0.3, -0.25) is 4.99 Å². The van der Waals surface area contributed by atoms with Gasteiger partial charge in [-0.2, -0.15) is 15.0 Å². The van der Waals surface area contributed by atoms with Crippen molar-refractivity contribution in [3.63, 3.8) is 0 Å². The molecule has 1 aliphatic rings. The Morgan fingerprint density at radius 2 is 1.28 bits per heavy atom. The number of dihydropyridines is 1. The Labute approximate surface area is 170 Å². The van der Waals surface area contributed by atoms with Gasteiger partial charge in [0, 0.05) is 36.3 Å². The summed E-state index contributed by atoms with van der Waals surface area (Å²) in [6, 6.07) is 16.2. The molecule has 0 radical (unpaired) electrons. The van der Waals surface area contributed by atoms with Gasteiger partial charge in [0.15, 0.2) is 0 Å². The molecule has 0 saturated carbocycles. The highest BCUT2D eigenvalue weighted by Gasteiger charge is 2.10. The van der Waals surface area contributed by atoms with Gasteiger partial charge >= 0.3 is 0 Å². The highest BCUT2D eigenvalue weighted by atomic mass is 15.3. The van der Waals surface area contributed by atoms with Crippen LogP contribution in [0.1, 0.15) is 17.5 Å². The molecule has 0 atom stereocenters. The molecule has 0 fully saturated rings. The second-order valence-corrected chi connectivity index (χ2v) is 6.92. The van der Waals surface area contributed by atoms with E-state index in [1.165, 1.54) is 0 Å². The number of anilines is 5. The number of aromatic nitrogens is 3. The number of benzene rings is 2. The molecule has 7 nitrogen and oxygen atoms in total. The van der Waals surface area contributed by atoms with Crippen molar-refractivity contribution >= 4 is 35.4 Å². The molecular weight excluding hydrogens is 362 g/mol. The summed E-state index contributed by atoms with van der Waals surface area (Å²) in [5, 5.41) is 9.83. The van der Waals surface area contributed by atoms with Gasteiger partial charge in [0.1, 0.15) is 0 Å². The van der Waals surface area contributed by atoms with Crippen molar-refractivity contribution in [2.45, 2.75) is 20.3 Å². The maximum absolute atomic E-state index is 4.55. The molecular formula is C22H23N7. The third-order valence-corrected chi connectivity index (χ3v) is 4.35. The minimum Gasteiger partial charge on any atom is -0.328 e. The molecule has 0 unspecified atom stereocenters. The summed E-state index contributed by atoms with van der Waals surface area (Å²) in [5.41, 5.74) is 5.19. The SMILES string of the molecule is Cc1cccc(Nc2nc(NC3=CC=NCC3)nc(Nc3cccc(C)c3)n2)c1. The zero-order chi connectivity index (χ0) is 20.1. The zero-order valence-corrected chi connectivity index (χ0v) is 16.5. The first-order valence-corrected chi connectivity index (χ1v) is 9.53. The van der Waals surface area contributed by atoms with Crippen molar-refractivity contribution in [3.8, 4) is 0 Å². The predicted octanol–water partition coefficient (Wildman–Crippen LogP) is 4.75. The fourth-order valence-electron chi connectivity index (χ4n) is 2.98. The van der Waals surface area contributed by atoms with Crippen LogP contribution in [0.25, 0.3) is 0 Å². The molecule has 1 aromatic heterocycles. The van der Waals surface area contributed by atoms with Gasteiger partial charge in [-0.1, -0.05) is 24.3 Å². The van der Waals surface area contributed by atoms with Crippen LogP contribution in [0, 0.1) is 13.8 Å². The molecule has 0 bridgehead atoms. The maximum Gasteiger partial charge on any atom is 0.233 e. The van der Waals surface area contributed by atoms with Crippen LogP contribution >= 0.6 is 0 Å². The van der Waals surface area contributed by atoms with Crippen LogP contribution in [0.3, 0.4) is 0 Å². The van der Waals surface area contributed by atoms with Crippen molar-refractivity contribution < 1.29 is 0 Å². The van der Waals surface area contributed by atoms with E-state index in [0.29, 0.717) is 17.8 Å². The summed E-state index contributed by atoms with van der Waals surface area (Å²) in [6.07, 6.45) is 4.56. The normalized spacial score (nSPS) is 13.0. The van der Waals surface area contributed by atoms with Gasteiger partial charge in [0.25, 0.3) is 0 Å². The fraction of sp³-hybridized carbons (Fsp3) is 0.182. The van der Waals surface area contributed by atoms with Gasteiger partial charge in [0.05, 0.1) is 0 Å². The van der Waals surface area contributed by atoms with Crippen LogP contribution in [0.4, 0.5) is 29.2 Å². The van der Waals surface area contributed by atoms with Gasteiger partial charge in [-0.25, -0.2) is 0 Å². The Bertz CT molecular complexity index is 1010. The number of hydrogen-bond acceptors (Lipinski definition) is 7. The Morgan fingerprint density at radius 1 is 0.724 bits per heavy atom. The zero-order valence-electron chi connectivity index (χ0n) is 16.5. The average molecular weight is 385 g/mol. The highest BCUT2D eigenvalue weighted by Crippen LogP contribution is 2.21. The largest absolute Gasteiger partial charge is 0.328 e. The molecule has 146 valence electrons. The smallest absolute Gasteiger partial charge is 0.233 e. The molecule has 4 rings (SSSR count). The molecule has 3 N–H and O–H groups in total. The van der Waals surface area contributed by atoms with Crippen molar-refractivity contribution in [2.75, 3.05) is 22.5 Å². The van der Waals surface area contributed by atoms with Crippen molar-refractivity contribution in [2.24, 2.45) is 4.99 Å². The molecule has 3 aromatic rings. The number of nitrogens with one attached hydrogen (secondary N) is 3. The second-order valence-electron chi connectivity index (χ2n) is 6.92. The van der Waals surface area contributed by atoms with E-state index in [2.05, 4.69) is 35.9 Å². The standard InChI is InChI=1S/C22H23N7/c1-15-5-3-7-18(13-15)25-21-27-20(24-17-9-11-23-12-10-17)28-22(29-21)26-19-8-4-6-16(2)14-19/h3-9,11,13-14H,10,12H2,1-2H3,(H3,24,25,26,27,28,29). The fourth-order valence-corrected chi connectivity index (χ4v) is 2.98. The van der Waals surface area contributed by atoms with E-state index in [1.807, 2.05) is 68.5 Å². The van der Waals surface area contributed by atoms with E-state index in [1.54, 1.807) is 6.21 Å². The number of nitrogens with zero attached hydrogens (tertiary/aromatic N) is 4. The Kier molecular flexibility index (Phi) is 5.47. The van der Waals surface area contributed by atoms with E-state index in [-0.39, 0.29) is 0 Å². The number of hydrogen-bond donors (Lipinski definition) is 3. The molecule has 0 aliphatic carbocycles. The summed E-state index contributed by atoms with van der Waals surface area (Å²) < 4.78 is 0. The van der Waals surface area contributed by atoms with Crippen molar-refractivity contribution in [3.05, 3.63) is 71.4 Å². The summed E-state index contributed by atoms with van der Waals surface area (Å²) in [5.74, 6) is 1.41. The van der Waals surface area contributed by atoms with Crippen LogP contribution in [-0.4, -0.2) is 27.7 Å². The lowest BCUT2D eigenvalue weighted by Gasteiger charge is -2.14. The van der Waals surface area contributed by atoms with Crippen molar-refractivity contribution in [1.82, 2.24) is 15.0 Å². The monoisotopic (exact) mass is 385 g/mol. The summed E-state index contributed by atoms with van der Waals surface area (Å²) in [7, 11) is 0. The molecule has 0 amide bonds. The molecule has 2 heterocycles. The third-order valence-electron chi connectivity index (χ3n) is 4.35. The minimum atomic E-state index is 0.466. The third kappa shape index (κ3) is 5.16. The molecule has 1 aliphatic heterocycles. The first-order valence-electron chi connectivity index (χ1n) is 9.53. The quantitative estimate of drug-likeness (QED) is 0.568. The first kappa shape index (κ1) is 18.6. The van der Waals surface area contributed by atoms with Crippen LogP contribution in [0.5, 0.6) is 0 Å². The van der Waals surface area contributed by atoms with Gasteiger partial charge in [-0.15, -0.1) is 0 Å². The Hall–Kier alpha value is -3.74. The second kappa shape index (κ2) is 8.52. The summed E-state index contributed by atoms with van der Waals surface area (Å²) in [6.45, 7) is 4.85. The van der Waals surface area contributed by atoms with Gasteiger partial charge in [-0.05, 0) is 55.3 Å². The van der Waals surface area contributed by atoms with Crippen molar-refractivity contribution in [1.29, 1.82) is 0 Å². The lowest BCUT2D eigenvalue weighted by molar-refractivity contribution is 0.934. The number of rotatable bonds is 6. The molecule has 2 aromatic carbocycles. The van der Waals surface area contributed by atoms with Gasteiger partial charge in [0.2, 0.25) is 17.8 Å². The summed E-state index contributed by atoms with van der Waals surface area (Å²) in [4.78, 5) is 17.8. The van der Waals surface area contributed by atoms with E-state index < -0.39 is 0 Å². The van der Waals surface area contributed by atoms with Crippen LogP contribution in [-0.2, 0) is 0 Å². The first-order chi connectivity index (χ1) is 14.1. The van der Waals surface area contributed by atoms with Crippen LogP contribution in [0.15, 0.2) is 65.3 Å². The van der Waals surface area contributed by atoms with E-state index >= 15 is 0 Å². The van der Waals surface area contributed by atoms with E-state index in [0.717, 1.165) is 41.2 Å². The topological polar surface area (TPSA) is 87.1 Å². The lowest BCUT2D eigenvalue weighted by Crippen LogP contribution is -2.11. The highest BCUT2D eigenvalue weighted by molar-refractivity contribution is 5.74. The summed E-state index contributed by atoms with van der Waals surface area (Å²) >= 11 is 0. The molecule has 7 heteroatoms. The minimum absolute atomic E-state index is 0.466. The van der Waals surface area contributed by atoms with Crippen LogP contribution in [0.2, 0.25) is 0 Å². The average Bonchev–Trinajstić information content (AvgIpc) is 2.69. The molecule has 29 heavy (non-hydrogen) atoms. The van der Waals surface area contributed by atoms with Crippen LogP contribution < -0.4 is 16.0 Å². The number of aryl methyl sites for hydroxylation is 2. The Balaban J connectivity index is 1.64. The molecule has 0 saturated heterocycles. The predicted molar refractivity (Wildman–Crippen MR) is 118 cm³/mol. The number of aliphatic imine (C=N–C) groups is 1.